The third-order valence-corrected chi connectivity index (χ3v) is 4.63. The number of phenols is 1. The van der Waals surface area contributed by atoms with Gasteiger partial charge in [0.15, 0.2) is 0 Å². The van der Waals surface area contributed by atoms with Crippen LogP contribution in [-0.4, -0.2) is 16.9 Å². The molecule has 2 N–H and O–H groups in total. The third-order valence-electron chi connectivity index (χ3n) is 4.63. The van der Waals surface area contributed by atoms with Gasteiger partial charge in [0.05, 0.1) is 0 Å². The number of hydrogen-bond donors (Lipinski definition) is 2. The summed E-state index contributed by atoms with van der Waals surface area (Å²) >= 11 is 0. The first kappa shape index (κ1) is 17.8. The van der Waals surface area contributed by atoms with Gasteiger partial charge in [0.2, 0.25) is 5.91 Å². The number of aromatic hydroxyl groups is 1. The average molecular weight is 352 g/mol. The van der Waals surface area contributed by atoms with E-state index in [2.05, 4.69) is 10.5 Å². The number of nitrogens with zero attached hydrogens (tertiary/aromatic N) is 1. The summed E-state index contributed by atoms with van der Waals surface area (Å²) in [6.45, 7) is 0. The molecule has 0 aromatic heterocycles. The van der Waals surface area contributed by atoms with Gasteiger partial charge in [-0.05, 0) is 60.6 Å². The van der Waals surface area contributed by atoms with Gasteiger partial charge in [0, 0.05) is 22.9 Å². The van der Waals surface area contributed by atoms with E-state index in [0.29, 0.717) is 30.5 Å². The van der Waals surface area contributed by atoms with Gasteiger partial charge in [-0.2, -0.15) is 0 Å². The van der Waals surface area contributed by atoms with Crippen LogP contribution >= 0.6 is 0 Å². The molecule has 2 aromatic rings. The molecule has 2 amide bonds. The number of carbonyl (C=O) groups excluding carboxylic acids is 2. The minimum atomic E-state index is -0.780. The predicted molar refractivity (Wildman–Crippen MR) is 98.4 cm³/mol. The van der Waals surface area contributed by atoms with Gasteiger partial charge in [-0.15, -0.1) is 4.91 Å². The highest BCUT2D eigenvalue weighted by atomic mass is 16.3. The van der Waals surface area contributed by atoms with Crippen LogP contribution in [-0.2, 0) is 16.0 Å². The Hall–Kier alpha value is -3.02. The molecule has 0 aliphatic heterocycles. The highest BCUT2D eigenvalue weighted by Crippen LogP contribution is 2.24. The highest BCUT2D eigenvalue weighted by Gasteiger charge is 2.21. The summed E-state index contributed by atoms with van der Waals surface area (Å²) in [6, 6.07) is 11.0. The number of benzene rings is 2. The molecule has 134 valence electrons. The molecule has 26 heavy (non-hydrogen) atoms. The van der Waals surface area contributed by atoms with Crippen molar-refractivity contribution in [1.29, 1.82) is 0 Å². The largest absolute Gasteiger partial charge is 0.508 e. The van der Waals surface area contributed by atoms with Gasteiger partial charge < -0.3 is 10.4 Å². The van der Waals surface area contributed by atoms with Gasteiger partial charge in [-0.25, -0.2) is 0 Å². The molecule has 6 heteroatoms. The van der Waals surface area contributed by atoms with E-state index in [1.54, 1.807) is 12.1 Å². The molecule has 0 saturated carbocycles. The van der Waals surface area contributed by atoms with Crippen molar-refractivity contribution < 1.29 is 14.7 Å². The van der Waals surface area contributed by atoms with Crippen LogP contribution in [0.25, 0.3) is 10.8 Å². The van der Waals surface area contributed by atoms with Crippen LogP contribution in [0.15, 0.2) is 52.8 Å². The Morgan fingerprint density at radius 3 is 2.58 bits per heavy atom. The number of nitrogens with one attached hydrogen (secondary N) is 1. The fraction of sp³-hybridized carbons (Fsp3) is 0.300. The summed E-state index contributed by atoms with van der Waals surface area (Å²) in [4.78, 5) is 34.3. The lowest BCUT2D eigenvalue weighted by Crippen LogP contribution is -2.27. The van der Waals surface area contributed by atoms with Crippen LogP contribution in [0.5, 0.6) is 5.75 Å². The van der Waals surface area contributed by atoms with Crippen molar-refractivity contribution in [3.8, 4) is 5.75 Å². The third kappa shape index (κ3) is 4.14. The molecule has 0 heterocycles. The van der Waals surface area contributed by atoms with Crippen molar-refractivity contribution in [2.24, 2.45) is 5.18 Å². The van der Waals surface area contributed by atoms with E-state index in [9.17, 15) is 19.6 Å². The SMILES string of the molecule is O=NC(=O)C1=C(NC(=O)CCc2ccc3cc(O)ccc3c2)CCCC1. The Bertz CT molecular complexity index is 902. The standard InChI is InChI=1S/C20H20N2O4/c23-16-9-8-14-11-13(5-7-15(14)12-16)6-10-19(24)21-18-4-2-1-3-17(18)20(25)22-26/h5,7-9,11-12,23H,1-4,6,10H2,(H,21,24). The van der Waals surface area contributed by atoms with Crippen LogP contribution in [0.1, 0.15) is 37.7 Å². The van der Waals surface area contributed by atoms with Crippen molar-refractivity contribution in [2.75, 3.05) is 0 Å². The second kappa shape index (κ2) is 7.91. The molecular weight excluding hydrogens is 332 g/mol. The lowest BCUT2D eigenvalue weighted by atomic mass is 9.95. The first-order chi connectivity index (χ1) is 12.6. The molecule has 2 aromatic carbocycles. The van der Waals surface area contributed by atoms with Crippen LogP contribution in [0.3, 0.4) is 0 Å². The number of fused-ring (bicyclic) bond motifs is 1. The van der Waals surface area contributed by atoms with E-state index in [-0.39, 0.29) is 18.1 Å². The van der Waals surface area contributed by atoms with E-state index >= 15 is 0 Å². The summed E-state index contributed by atoms with van der Waals surface area (Å²) in [5.74, 6) is -0.734. The zero-order valence-electron chi connectivity index (χ0n) is 14.3. The second-order valence-electron chi connectivity index (χ2n) is 6.47. The zero-order valence-corrected chi connectivity index (χ0v) is 14.3. The summed E-state index contributed by atoms with van der Waals surface area (Å²) in [5.41, 5.74) is 1.90. The Morgan fingerprint density at radius 1 is 1.04 bits per heavy atom. The number of carbonyl (C=O) groups is 2. The number of nitroso groups, excluding NO2 is 1. The van der Waals surface area contributed by atoms with Crippen LogP contribution in [0, 0.1) is 4.91 Å². The van der Waals surface area contributed by atoms with E-state index in [1.165, 1.54) is 0 Å². The van der Waals surface area contributed by atoms with Gasteiger partial charge in [0.25, 0.3) is 0 Å². The molecule has 3 rings (SSSR count). The summed E-state index contributed by atoms with van der Waals surface area (Å²) in [7, 11) is 0. The maximum atomic E-state index is 12.3. The first-order valence-corrected chi connectivity index (χ1v) is 8.68. The topological polar surface area (TPSA) is 95.8 Å². The highest BCUT2D eigenvalue weighted by molar-refractivity contribution is 5.95. The van der Waals surface area contributed by atoms with Gasteiger partial charge in [-0.1, -0.05) is 24.3 Å². The fourth-order valence-electron chi connectivity index (χ4n) is 3.26. The number of allylic oxidation sites excluding steroid dienone is 1. The maximum Gasteiger partial charge on any atom is 0.314 e. The van der Waals surface area contributed by atoms with Crippen LogP contribution in [0.4, 0.5) is 0 Å². The number of hydrogen-bond acceptors (Lipinski definition) is 4. The maximum absolute atomic E-state index is 12.3. The van der Waals surface area contributed by atoms with E-state index < -0.39 is 5.91 Å². The second-order valence-corrected chi connectivity index (χ2v) is 6.47. The minimum absolute atomic E-state index is 0.177. The van der Waals surface area contributed by atoms with Crippen molar-refractivity contribution in [1.82, 2.24) is 5.32 Å². The normalized spacial score (nSPS) is 14.3. The first-order valence-electron chi connectivity index (χ1n) is 8.68. The van der Waals surface area contributed by atoms with Gasteiger partial charge in [-0.3, -0.25) is 9.59 Å². The molecule has 1 aliphatic carbocycles. The molecule has 0 fully saturated rings. The van der Waals surface area contributed by atoms with E-state index in [0.717, 1.165) is 29.2 Å². The Balaban J connectivity index is 1.65. The lowest BCUT2D eigenvalue weighted by Gasteiger charge is -2.18. The Labute approximate surface area is 150 Å². The molecule has 6 nitrogen and oxygen atoms in total. The van der Waals surface area contributed by atoms with Gasteiger partial charge in [0.1, 0.15) is 5.75 Å². The summed E-state index contributed by atoms with van der Waals surface area (Å²) in [5, 5.41) is 16.7. The Kier molecular flexibility index (Phi) is 5.41. The molecule has 0 saturated heterocycles. The number of aryl methyl sites for hydroxylation is 1. The zero-order chi connectivity index (χ0) is 18.5. The number of rotatable bonds is 5. The molecule has 0 unspecified atom stereocenters. The molecule has 0 radical (unpaired) electrons. The monoisotopic (exact) mass is 352 g/mol. The molecule has 0 atom stereocenters. The van der Waals surface area contributed by atoms with Crippen molar-refractivity contribution in [3.05, 3.63) is 58.1 Å². The molecule has 0 bridgehead atoms. The smallest absolute Gasteiger partial charge is 0.314 e. The van der Waals surface area contributed by atoms with Crippen molar-refractivity contribution >= 4 is 22.6 Å². The number of phenolic OH excluding ortho intramolecular Hbond substituents is 1. The minimum Gasteiger partial charge on any atom is -0.508 e. The molecule has 0 spiro atoms. The van der Waals surface area contributed by atoms with E-state index in [4.69, 9.17) is 0 Å². The van der Waals surface area contributed by atoms with Crippen molar-refractivity contribution in [2.45, 2.75) is 38.5 Å². The Morgan fingerprint density at radius 2 is 1.77 bits per heavy atom. The van der Waals surface area contributed by atoms with Gasteiger partial charge >= 0.3 is 5.91 Å². The van der Waals surface area contributed by atoms with Crippen LogP contribution < -0.4 is 5.32 Å². The van der Waals surface area contributed by atoms with Crippen molar-refractivity contribution in [3.63, 3.8) is 0 Å². The van der Waals surface area contributed by atoms with E-state index in [1.807, 2.05) is 24.3 Å². The predicted octanol–water partition coefficient (Wildman–Crippen LogP) is 3.72. The summed E-state index contributed by atoms with van der Waals surface area (Å²) < 4.78 is 0. The fourth-order valence-corrected chi connectivity index (χ4v) is 3.26. The molecular formula is C20H20N2O4. The van der Waals surface area contributed by atoms with Crippen LogP contribution in [0.2, 0.25) is 0 Å². The lowest BCUT2D eigenvalue weighted by molar-refractivity contribution is -0.120. The quantitative estimate of drug-likeness (QED) is 0.802. The average Bonchev–Trinajstić information content (AvgIpc) is 2.66. The summed E-state index contributed by atoms with van der Waals surface area (Å²) in [6.07, 6.45) is 3.61. The molecule has 1 aliphatic rings. The number of amides is 2.